The summed E-state index contributed by atoms with van der Waals surface area (Å²) >= 11 is 5.41. The molecule has 0 aliphatic carbocycles. The van der Waals surface area contributed by atoms with Gasteiger partial charge >= 0.3 is 0 Å². The molecule has 2 N–H and O–H groups in total. The minimum atomic E-state index is -0.845. The van der Waals surface area contributed by atoms with Crippen LogP contribution in [0.2, 0.25) is 0 Å². The number of nitrogens with one attached hydrogen (secondary N) is 1. The molecule has 1 rings (SSSR count). The van der Waals surface area contributed by atoms with Crippen LogP contribution in [0.15, 0.2) is 9.59 Å². The first-order valence-corrected chi connectivity index (χ1v) is 5.05. The number of aliphatic hydroxyl groups excluding tert-OH is 1. The van der Waals surface area contributed by atoms with E-state index in [2.05, 4.69) is 5.10 Å². The van der Waals surface area contributed by atoms with Crippen LogP contribution in [0.3, 0.4) is 0 Å². The number of hydrogen-bond acceptors (Lipinski definition) is 3. The van der Waals surface area contributed by atoms with Crippen molar-refractivity contribution >= 4 is 11.6 Å². The van der Waals surface area contributed by atoms with Crippen LogP contribution in [0.4, 0.5) is 0 Å². The Kier molecular flexibility index (Phi) is 3.71. The molecule has 0 fully saturated rings. The molecule has 0 saturated carbocycles. The van der Waals surface area contributed by atoms with Gasteiger partial charge in [-0.15, -0.1) is 11.6 Å². The van der Waals surface area contributed by atoms with Gasteiger partial charge in [0.2, 0.25) is 0 Å². The molecule has 0 saturated heterocycles. The van der Waals surface area contributed by atoms with Gasteiger partial charge in [0.05, 0.1) is 18.5 Å². The fraction of sp³-hybridized carbons (Fsp3) is 0.556. The molecular formula is C9H13ClN2O3. The molecule has 0 aliphatic rings. The summed E-state index contributed by atoms with van der Waals surface area (Å²) in [6.07, 6.45) is -0.845. The summed E-state index contributed by atoms with van der Waals surface area (Å²) in [5.41, 5.74) is 0.155. The summed E-state index contributed by atoms with van der Waals surface area (Å²) in [7, 11) is 0. The zero-order valence-corrected chi connectivity index (χ0v) is 9.34. The third-order valence-corrected chi connectivity index (χ3v) is 2.63. The van der Waals surface area contributed by atoms with Crippen LogP contribution < -0.4 is 11.1 Å². The van der Waals surface area contributed by atoms with Gasteiger partial charge in [-0.05, 0) is 13.8 Å². The normalized spacial score (nSPS) is 12.8. The number of aliphatic hydroxyl groups is 1. The highest BCUT2D eigenvalue weighted by Crippen LogP contribution is 1.94. The van der Waals surface area contributed by atoms with E-state index in [9.17, 15) is 14.7 Å². The SMILES string of the molecule is Cc1c(C)c(=O)n(CC(O)CCl)[nH]c1=O. The maximum Gasteiger partial charge on any atom is 0.268 e. The standard InChI is InChI=1S/C9H13ClN2O3/c1-5-6(2)9(15)12(11-8(5)14)4-7(13)3-10/h7,13H,3-4H2,1-2H3,(H,11,14). The monoisotopic (exact) mass is 232 g/mol. The Morgan fingerprint density at radius 2 is 2.00 bits per heavy atom. The van der Waals surface area contributed by atoms with Crippen molar-refractivity contribution in [3.8, 4) is 0 Å². The first kappa shape index (κ1) is 12.0. The molecule has 1 aromatic heterocycles. The van der Waals surface area contributed by atoms with Crippen molar-refractivity contribution in [2.45, 2.75) is 26.5 Å². The Hall–Kier alpha value is -1.07. The second-order valence-corrected chi connectivity index (χ2v) is 3.72. The lowest BCUT2D eigenvalue weighted by Crippen LogP contribution is -2.36. The molecule has 1 atom stereocenters. The van der Waals surface area contributed by atoms with Crippen LogP contribution in [0.25, 0.3) is 0 Å². The average Bonchev–Trinajstić information content (AvgIpc) is 2.22. The molecule has 5 nitrogen and oxygen atoms in total. The number of aromatic nitrogens is 2. The predicted octanol–water partition coefficient (Wildman–Crippen LogP) is -0.247. The third-order valence-electron chi connectivity index (χ3n) is 2.28. The molecule has 0 spiro atoms. The van der Waals surface area contributed by atoms with Gasteiger partial charge in [-0.25, -0.2) is 4.68 Å². The van der Waals surface area contributed by atoms with Crippen LogP contribution >= 0.6 is 11.6 Å². The molecule has 84 valence electrons. The highest BCUT2D eigenvalue weighted by molar-refractivity contribution is 6.18. The Bertz CT molecular complexity index is 463. The van der Waals surface area contributed by atoms with Crippen molar-refractivity contribution in [2.75, 3.05) is 5.88 Å². The summed E-state index contributed by atoms with van der Waals surface area (Å²) in [5, 5.41) is 11.7. The number of halogens is 1. The van der Waals surface area contributed by atoms with E-state index in [1.807, 2.05) is 0 Å². The highest BCUT2D eigenvalue weighted by Gasteiger charge is 2.10. The molecule has 0 aliphatic heterocycles. The van der Waals surface area contributed by atoms with E-state index in [1.165, 1.54) is 0 Å². The molecule has 15 heavy (non-hydrogen) atoms. The quantitative estimate of drug-likeness (QED) is 0.706. The number of aromatic amines is 1. The maximum absolute atomic E-state index is 11.6. The lowest BCUT2D eigenvalue weighted by atomic mass is 10.2. The molecule has 0 amide bonds. The topological polar surface area (TPSA) is 75.1 Å². The van der Waals surface area contributed by atoms with Gasteiger partial charge in [0.1, 0.15) is 0 Å². The van der Waals surface area contributed by atoms with Crippen molar-refractivity contribution in [1.29, 1.82) is 0 Å². The van der Waals surface area contributed by atoms with Crippen molar-refractivity contribution < 1.29 is 5.11 Å². The Labute approximate surface area is 91.3 Å². The molecule has 0 radical (unpaired) electrons. The summed E-state index contributed by atoms with van der Waals surface area (Å²) in [6.45, 7) is 3.16. The number of H-pyrrole nitrogens is 1. The second-order valence-electron chi connectivity index (χ2n) is 3.41. The van der Waals surface area contributed by atoms with Gasteiger partial charge in [0.25, 0.3) is 11.1 Å². The largest absolute Gasteiger partial charge is 0.390 e. The Morgan fingerprint density at radius 1 is 1.40 bits per heavy atom. The Morgan fingerprint density at radius 3 is 2.53 bits per heavy atom. The first-order valence-electron chi connectivity index (χ1n) is 4.51. The summed E-state index contributed by atoms with van der Waals surface area (Å²) < 4.78 is 1.08. The molecular weight excluding hydrogens is 220 g/mol. The van der Waals surface area contributed by atoms with Crippen LogP contribution in [0.5, 0.6) is 0 Å². The molecule has 1 heterocycles. The Balaban J connectivity index is 3.21. The summed E-state index contributed by atoms with van der Waals surface area (Å²) in [6, 6.07) is 0. The maximum atomic E-state index is 11.6. The fourth-order valence-electron chi connectivity index (χ4n) is 1.18. The van der Waals surface area contributed by atoms with Crippen LogP contribution in [-0.4, -0.2) is 26.9 Å². The van der Waals surface area contributed by atoms with E-state index in [4.69, 9.17) is 11.6 Å². The molecule has 0 bridgehead atoms. The molecule has 1 aromatic rings. The number of rotatable bonds is 3. The van der Waals surface area contributed by atoms with Crippen molar-refractivity contribution in [1.82, 2.24) is 9.78 Å². The third kappa shape index (κ3) is 2.49. The molecule has 0 aromatic carbocycles. The smallest absolute Gasteiger partial charge is 0.268 e. The summed E-state index contributed by atoms with van der Waals surface area (Å²) in [4.78, 5) is 23.0. The van der Waals surface area contributed by atoms with E-state index in [0.717, 1.165) is 4.68 Å². The van der Waals surface area contributed by atoms with Gasteiger partial charge in [0, 0.05) is 11.1 Å². The van der Waals surface area contributed by atoms with E-state index < -0.39 is 6.10 Å². The van der Waals surface area contributed by atoms with Crippen LogP contribution in [0, 0.1) is 13.8 Å². The van der Waals surface area contributed by atoms with Crippen LogP contribution in [0.1, 0.15) is 11.1 Å². The van der Waals surface area contributed by atoms with E-state index in [1.54, 1.807) is 13.8 Å². The predicted molar refractivity (Wildman–Crippen MR) is 57.5 cm³/mol. The fourth-order valence-corrected chi connectivity index (χ4v) is 1.28. The van der Waals surface area contributed by atoms with Gasteiger partial charge < -0.3 is 5.11 Å². The highest BCUT2D eigenvalue weighted by atomic mass is 35.5. The van der Waals surface area contributed by atoms with Crippen molar-refractivity contribution in [3.05, 3.63) is 31.8 Å². The van der Waals surface area contributed by atoms with Gasteiger partial charge in [-0.3, -0.25) is 14.7 Å². The lowest BCUT2D eigenvalue weighted by Gasteiger charge is -2.10. The number of hydrogen-bond donors (Lipinski definition) is 2. The zero-order chi connectivity index (χ0) is 11.6. The molecule has 6 heteroatoms. The molecule has 1 unspecified atom stereocenters. The van der Waals surface area contributed by atoms with E-state index in [0.29, 0.717) is 11.1 Å². The number of nitrogens with zero attached hydrogens (tertiary/aromatic N) is 1. The van der Waals surface area contributed by atoms with Gasteiger partial charge in [-0.1, -0.05) is 0 Å². The minimum absolute atomic E-state index is 0.00130. The number of alkyl halides is 1. The van der Waals surface area contributed by atoms with Gasteiger partial charge in [-0.2, -0.15) is 0 Å². The second kappa shape index (κ2) is 4.63. The van der Waals surface area contributed by atoms with Crippen molar-refractivity contribution in [3.63, 3.8) is 0 Å². The van der Waals surface area contributed by atoms with Gasteiger partial charge in [0.15, 0.2) is 0 Å². The van der Waals surface area contributed by atoms with Crippen molar-refractivity contribution in [2.24, 2.45) is 0 Å². The zero-order valence-electron chi connectivity index (χ0n) is 8.58. The van der Waals surface area contributed by atoms with Crippen LogP contribution in [-0.2, 0) is 6.54 Å². The van der Waals surface area contributed by atoms with E-state index >= 15 is 0 Å². The first-order chi connectivity index (χ1) is 6.97. The minimum Gasteiger partial charge on any atom is -0.390 e. The lowest BCUT2D eigenvalue weighted by molar-refractivity contribution is 0.168. The summed E-state index contributed by atoms with van der Waals surface area (Å²) in [5.74, 6) is 0.0153. The van der Waals surface area contributed by atoms with E-state index in [-0.39, 0.29) is 23.5 Å². The average molecular weight is 233 g/mol.